The molecule has 0 aromatic rings. The number of carbonyl (C=O) groups excluding carboxylic acids is 1. The van der Waals surface area contributed by atoms with Gasteiger partial charge < -0.3 is 45.4 Å². The fraction of sp³-hybridized carbons (Fsp3) is 0.929. The van der Waals surface area contributed by atoms with Gasteiger partial charge in [0.05, 0.1) is 25.4 Å². The zero-order valence-corrected chi connectivity index (χ0v) is 33.2. The summed E-state index contributed by atoms with van der Waals surface area (Å²) in [6.45, 7) is 3.63. The first-order valence-electron chi connectivity index (χ1n) is 21.5. The fourth-order valence-corrected chi connectivity index (χ4v) is 6.87. The van der Waals surface area contributed by atoms with E-state index in [4.69, 9.17) is 9.47 Å². The third-order valence-corrected chi connectivity index (χ3v) is 10.5. The Morgan fingerprint density at radius 2 is 1.08 bits per heavy atom. The van der Waals surface area contributed by atoms with Crippen molar-refractivity contribution < 1.29 is 44.9 Å². The van der Waals surface area contributed by atoms with Gasteiger partial charge in [0.2, 0.25) is 5.91 Å². The average molecular weight is 744 g/mol. The van der Waals surface area contributed by atoms with Crippen molar-refractivity contribution in [1.82, 2.24) is 5.32 Å². The van der Waals surface area contributed by atoms with Crippen LogP contribution in [0.25, 0.3) is 0 Å². The molecule has 0 spiro atoms. The average Bonchev–Trinajstić information content (AvgIpc) is 3.14. The number of aliphatic hydroxyl groups excluding tert-OH is 6. The van der Waals surface area contributed by atoms with Gasteiger partial charge in [0.1, 0.15) is 30.5 Å². The highest BCUT2D eigenvalue weighted by Gasteiger charge is 2.44. The lowest BCUT2D eigenvalue weighted by Crippen LogP contribution is -2.60. The second kappa shape index (κ2) is 33.2. The molecule has 8 atom stereocenters. The highest BCUT2D eigenvalue weighted by Crippen LogP contribution is 2.23. The summed E-state index contributed by atoms with van der Waals surface area (Å²) in [6, 6.07) is -0.904. The molecule has 52 heavy (non-hydrogen) atoms. The van der Waals surface area contributed by atoms with E-state index >= 15 is 0 Å². The van der Waals surface area contributed by atoms with Crippen molar-refractivity contribution in [3.63, 3.8) is 0 Å². The van der Waals surface area contributed by atoms with Crippen LogP contribution < -0.4 is 5.32 Å². The number of carbonyl (C=O) groups is 1. The van der Waals surface area contributed by atoms with Crippen LogP contribution in [0.2, 0.25) is 0 Å². The molecule has 1 aliphatic rings. The Bertz CT molecular complexity index is 844. The Morgan fingerprint density at radius 3 is 1.58 bits per heavy atom. The van der Waals surface area contributed by atoms with Gasteiger partial charge in [-0.05, 0) is 38.5 Å². The normalized spacial score (nSPS) is 22.5. The predicted octanol–water partition coefficient (Wildman–Crippen LogP) is 7.14. The maximum absolute atomic E-state index is 13.0. The fourth-order valence-electron chi connectivity index (χ4n) is 6.87. The van der Waals surface area contributed by atoms with Gasteiger partial charge >= 0.3 is 0 Å². The molecule has 0 unspecified atom stereocenters. The van der Waals surface area contributed by atoms with Crippen LogP contribution in [0.5, 0.6) is 0 Å². The topological polar surface area (TPSA) is 169 Å². The Labute approximate surface area is 317 Å². The van der Waals surface area contributed by atoms with Crippen molar-refractivity contribution >= 4 is 5.91 Å². The Hall–Kier alpha value is -1.11. The van der Waals surface area contributed by atoms with E-state index in [-0.39, 0.29) is 6.61 Å². The van der Waals surface area contributed by atoms with Crippen LogP contribution >= 0.6 is 0 Å². The molecule has 1 fully saturated rings. The summed E-state index contributed by atoms with van der Waals surface area (Å²) in [6.07, 6.45) is 25.5. The molecule has 0 aromatic heterocycles. The minimum absolute atomic E-state index is 0.264. The van der Waals surface area contributed by atoms with Gasteiger partial charge in [-0.2, -0.15) is 0 Å². The largest absolute Gasteiger partial charge is 0.394 e. The van der Waals surface area contributed by atoms with Crippen molar-refractivity contribution in [2.45, 2.75) is 236 Å². The van der Waals surface area contributed by atoms with Crippen molar-refractivity contribution in [2.24, 2.45) is 0 Å². The molecule has 0 aromatic carbocycles. The molecule has 7 N–H and O–H groups in total. The van der Waals surface area contributed by atoms with Crippen LogP contribution in [-0.2, 0) is 14.3 Å². The first kappa shape index (κ1) is 48.9. The van der Waals surface area contributed by atoms with Crippen LogP contribution in [0.4, 0.5) is 0 Å². The van der Waals surface area contributed by atoms with Gasteiger partial charge in [0, 0.05) is 0 Å². The summed E-state index contributed by atoms with van der Waals surface area (Å²) in [5.41, 5.74) is 0. The number of hydrogen-bond donors (Lipinski definition) is 7. The number of unbranched alkanes of at least 4 members (excludes halogenated alkanes) is 22. The minimum atomic E-state index is -1.60. The van der Waals surface area contributed by atoms with Crippen LogP contribution in [0.15, 0.2) is 12.2 Å². The Balaban J connectivity index is 2.45. The van der Waals surface area contributed by atoms with Gasteiger partial charge in [-0.15, -0.1) is 0 Å². The molecular weight excluding hydrogens is 662 g/mol. The van der Waals surface area contributed by atoms with Crippen molar-refractivity contribution in [3.8, 4) is 0 Å². The number of allylic oxidation sites excluding steroid dienone is 2. The second-order valence-electron chi connectivity index (χ2n) is 15.3. The Morgan fingerprint density at radius 1 is 0.635 bits per heavy atom. The zero-order valence-electron chi connectivity index (χ0n) is 33.2. The molecule has 1 saturated heterocycles. The lowest BCUT2D eigenvalue weighted by molar-refractivity contribution is -0.302. The second-order valence-corrected chi connectivity index (χ2v) is 15.3. The van der Waals surface area contributed by atoms with Crippen molar-refractivity contribution in [1.29, 1.82) is 0 Å². The number of rotatable bonds is 35. The summed E-state index contributed by atoms with van der Waals surface area (Å²) in [7, 11) is 0. The van der Waals surface area contributed by atoms with E-state index in [0.717, 1.165) is 51.4 Å². The lowest BCUT2D eigenvalue weighted by Gasteiger charge is -2.40. The molecule has 1 amide bonds. The third-order valence-electron chi connectivity index (χ3n) is 10.5. The number of ether oxygens (including phenoxy) is 2. The van der Waals surface area contributed by atoms with Gasteiger partial charge in [-0.3, -0.25) is 4.79 Å². The molecule has 1 aliphatic heterocycles. The molecule has 308 valence electrons. The van der Waals surface area contributed by atoms with Crippen molar-refractivity contribution in [2.75, 3.05) is 13.2 Å². The van der Waals surface area contributed by atoms with Gasteiger partial charge in [-0.1, -0.05) is 161 Å². The van der Waals surface area contributed by atoms with Gasteiger partial charge in [0.15, 0.2) is 6.29 Å². The van der Waals surface area contributed by atoms with Crippen LogP contribution in [0.1, 0.15) is 187 Å². The maximum Gasteiger partial charge on any atom is 0.249 e. The highest BCUT2D eigenvalue weighted by atomic mass is 16.7. The summed E-state index contributed by atoms with van der Waals surface area (Å²) in [5, 5.41) is 64.6. The van der Waals surface area contributed by atoms with Crippen LogP contribution in [0, 0.1) is 0 Å². The maximum atomic E-state index is 13.0. The number of hydrogen-bond acceptors (Lipinski definition) is 9. The molecule has 0 radical (unpaired) electrons. The minimum Gasteiger partial charge on any atom is -0.394 e. The first-order chi connectivity index (χ1) is 25.3. The smallest absolute Gasteiger partial charge is 0.249 e. The van der Waals surface area contributed by atoms with Crippen molar-refractivity contribution in [3.05, 3.63) is 12.2 Å². The van der Waals surface area contributed by atoms with E-state index in [9.17, 15) is 35.4 Å². The monoisotopic (exact) mass is 744 g/mol. The van der Waals surface area contributed by atoms with Crippen LogP contribution in [-0.4, -0.2) is 98.7 Å². The molecule has 10 heteroatoms. The van der Waals surface area contributed by atoms with E-state index in [1.165, 1.54) is 109 Å². The third kappa shape index (κ3) is 23.6. The summed E-state index contributed by atoms with van der Waals surface area (Å²) >= 11 is 0. The van der Waals surface area contributed by atoms with E-state index in [0.29, 0.717) is 12.8 Å². The number of nitrogens with one attached hydrogen (secondary N) is 1. The number of aliphatic hydroxyl groups is 6. The first-order valence-corrected chi connectivity index (χ1v) is 21.5. The molecule has 0 saturated carbocycles. The van der Waals surface area contributed by atoms with Gasteiger partial charge in [-0.25, -0.2) is 0 Å². The summed E-state index contributed by atoms with van der Waals surface area (Å²) < 4.78 is 11.1. The predicted molar refractivity (Wildman–Crippen MR) is 209 cm³/mol. The zero-order chi connectivity index (χ0) is 38.2. The van der Waals surface area contributed by atoms with E-state index < -0.39 is 61.5 Å². The SMILES string of the molecule is CCCCCCCCC/C=C/CCCC[C@@H](O)[C@H](CO[C@@H]1O[C@H](CO)[C@@H](O)[C@H](O)[C@H]1O)NC(=O)[C@H](O)CCCCCCCCCCCCCCCC. The quantitative estimate of drug-likeness (QED) is 0.0264. The molecule has 1 heterocycles. The standard InChI is InChI=1S/C42H81NO9/c1-3-5-7-9-11-13-15-17-19-21-23-25-27-29-31-36(46)41(50)43-34(33-51-42-40(49)39(48)38(47)37(32-44)52-42)35(45)30-28-26-24-22-20-18-16-14-12-10-8-6-4-2/h20,22,34-40,42,44-49H,3-19,21,23-33H2,1-2H3,(H,43,50)/b22-20+/t34-,35+,36+,37+,38+,39-,40+,42+/m0/s1. The van der Waals surface area contributed by atoms with E-state index in [1.807, 2.05) is 0 Å². The van der Waals surface area contributed by atoms with Crippen LogP contribution in [0.3, 0.4) is 0 Å². The summed E-state index contributed by atoms with van der Waals surface area (Å²) in [4.78, 5) is 13.0. The molecule has 1 rings (SSSR count). The summed E-state index contributed by atoms with van der Waals surface area (Å²) in [5.74, 6) is -0.593. The number of amides is 1. The molecular formula is C42H81NO9. The van der Waals surface area contributed by atoms with E-state index in [1.54, 1.807) is 0 Å². The molecule has 10 nitrogen and oxygen atoms in total. The molecule has 0 bridgehead atoms. The Kier molecular flexibility index (Phi) is 31.3. The highest BCUT2D eigenvalue weighted by molar-refractivity contribution is 5.80. The van der Waals surface area contributed by atoms with E-state index in [2.05, 4.69) is 31.3 Å². The molecule has 0 aliphatic carbocycles. The van der Waals surface area contributed by atoms with Gasteiger partial charge in [0.25, 0.3) is 0 Å². The lowest BCUT2D eigenvalue weighted by atomic mass is 9.99.